The van der Waals surface area contributed by atoms with Crippen LogP contribution in [0.4, 0.5) is 0 Å². The maximum Gasteiger partial charge on any atom is 0.308 e. The standard InChI is InChI=1S/C41H64NO8/c1-23(2)35(44)50-34(37(6,7)45)26-18-24(3)31-32(48-26)33(43)39(9)28-11-10-27-36(4,5)29(49-30-19-42(16-17-47-30)25-20-46-21-25)12-13-40(27)22-41(28,40)15-14-38(31,39)8/h23-25,27,29-31,33-34,43,45H,10-22H2,1-9H3/t24-,27+,29+,30+,31+,33+,34+,38-,39-,40-,41+/m1/s1. The second-order valence-corrected chi connectivity index (χ2v) is 19.7. The van der Waals surface area contributed by atoms with Crippen LogP contribution in [-0.2, 0) is 28.5 Å². The van der Waals surface area contributed by atoms with Crippen molar-refractivity contribution in [1.29, 1.82) is 0 Å². The van der Waals surface area contributed by atoms with Gasteiger partial charge in [0, 0.05) is 17.9 Å². The van der Waals surface area contributed by atoms with Crippen molar-refractivity contribution in [3.05, 3.63) is 18.1 Å². The fraction of sp³-hybridized carbons (Fsp3) is 0.902. The van der Waals surface area contributed by atoms with Crippen LogP contribution in [0.5, 0.6) is 0 Å². The van der Waals surface area contributed by atoms with Crippen LogP contribution in [-0.4, -0.2) is 90.2 Å². The highest BCUT2D eigenvalue weighted by molar-refractivity contribution is 5.72. The summed E-state index contributed by atoms with van der Waals surface area (Å²) in [5.41, 5.74) is -1.44. The zero-order valence-corrected chi connectivity index (χ0v) is 32.2. The minimum atomic E-state index is -1.32. The van der Waals surface area contributed by atoms with Crippen LogP contribution in [0.2, 0.25) is 0 Å². The Morgan fingerprint density at radius 3 is 2.48 bits per heavy atom. The van der Waals surface area contributed by atoms with Gasteiger partial charge < -0.3 is 33.9 Å². The Morgan fingerprint density at radius 2 is 1.82 bits per heavy atom. The molecule has 5 aliphatic carbocycles. The smallest absolute Gasteiger partial charge is 0.308 e. The maximum absolute atomic E-state index is 12.8. The summed E-state index contributed by atoms with van der Waals surface area (Å²) < 4.78 is 31.2. The summed E-state index contributed by atoms with van der Waals surface area (Å²) in [6, 6.07) is 0.501. The first-order chi connectivity index (χ1) is 23.4. The van der Waals surface area contributed by atoms with Crippen molar-refractivity contribution in [2.75, 3.05) is 32.9 Å². The highest BCUT2D eigenvalue weighted by Gasteiger charge is 2.85. The van der Waals surface area contributed by atoms with Crippen LogP contribution in [0.15, 0.2) is 0 Å². The molecule has 0 amide bonds. The van der Waals surface area contributed by atoms with E-state index < -0.39 is 23.2 Å². The molecule has 0 unspecified atom stereocenters. The van der Waals surface area contributed by atoms with Gasteiger partial charge in [-0.2, -0.15) is 0 Å². The summed E-state index contributed by atoms with van der Waals surface area (Å²) >= 11 is 0. The topological polar surface area (TPSA) is 107 Å². The van der Waals surface area contributed by atoms with Crippen LogP contribution >= 0.6 is 0 Å². The van der Waals surface area contributed by atoms with Crippen molar-refractivity contribution >= 4 is 5.97 Å². The Kier molecular flexibility index (Phi) is 8.57. The molecule has 8 fully saturated rings. The summed E-state index contributed by atoms with van der Waals surface area (Å²) in [6.07, 6.45) is 8.05. The first-order valence-corrected chi connectivity index (χ1v) is 19.9. The number of esters is 1. The second kappa shape index (κ2) is 11.8. The molecule has 50 heavy (non-hydrogen) atoms. The molecule has 0 aromatic rings. The lowest BCUT2D eigenvalue weighted by Crippen LogP contribution is -2.60. The van der Waals surface area contributed by atoms with Gasteiger partial charge in [0.2, 0.25) is 0 Å². The molecule has 9 heteroatoms. The van der Waals surface area contributed by atoms with Gasteiger partial charge in [0.1, 0.15) is 12.2 Å². The molecule has 3 aliphatic heterocycles. The number of aliphatic hydroxyl groups is 2. The monoisotopic (exact) mass is 698 g/mol. The van der Waals surface area contributed by atoms with Crippen LogP contribution in [0.1, 0.15) is 114 Å². The molecular formula is C41H64NO8. The van der Waals surface area contributed by atoms with Gasteiger partial charge in [-0.15, -0.1) is 0 Å². The largest absolute Gasteiger partial charge is 0.456 e. The third kappa shape index (κ3) is 4.91. The molecule has 0 aromatic heterocycles. The zero-order chi connectivity index (χ0) is 35.8. The number of hydrogen-bond acceptors (Lipinski definition) is 9. The molecule has 0 bridgehead atoms. The summed E-state index contributed by atoms with van der Waals surface area (Å²) in [5.74, 6) is 1.75. The first-order valence-electron chi connectivity index (χ1n) is 19.9. The van der Waals surface area contributed by atoms with Crippen molar-refractivity contribution in [1.82, 2.24) is 4.90 Å². The molecule has 2 spiro atoms. The minimum Gasteiger partial charge on any atom is -0.456 e. The zero-order valence-electron chi connectivity index (χ0n) is 32.2. The van der Waals surface area contributed by atoms with Crippen LogP contribution in [0.3, 0.4) is 0 Å². The highest BCUT2D eigenvalue weighted by Crippen LogP contribution is 2.90. The molecule has 5 saturated carbocycles. The molecule has 3 heterocycles. The Labute approximate surface area is 300 Å². The van der Waals surface area contributed by atoms with Crippen molar-refractivity contribution < 1.29 is 38.7 Å². The van der Waals surface area contributed by atoms with Gasteiger partial charge in [-0.25, -0.2) is 0 Å². The van der Waals surface area contributed by atoms with Crippen LogP contribution in [0, 0.1) is 68.9 Å². The predicted molar refractivity (Wildman–Crippen MR) is 187 cm³/mol. The molecule has 8 aliphatic rings. The number of aliphatic hydroxyl groups excluding tert-OH is 1. The van der Waals surface area contributed by atoms with E-state index in [4.69, 9.17) is 23.7 Å². The number of fused-ring (bicyclic) bond motifs is 4. The number of ether oxygens (including phenoxy) is 5. The van der Waals surface area contributed by atoms with E-state index in [2.05, 4.69) is 39.5 Å². The lowest BCUT2D eigenvalue weighted by Gasteiger charge is -2.63. The summed E-state index contributed by atoms with van der Waals surface area (Å²) in [4.78, 5) is 15.3. The van der Waals surface area contributed by atoms with Gasteiger partial charge in [-0.3, -0.25) is 9.69 Å². The van der Waals surface area contributed by atoms with Crippen molar-refractivity contribution in [2.45, 2.75) is 150 Å². The van der Waals surface area contributed by atoms with Crippen LogP contribution < -0.4 is 0 Å². The minimum absolute atomic E-state index is 0.0260. The third-order valence-corrected chi connectivity index (χ3v) is 16.1. The fourth-order valence-corrected chi connectivity index (χ4v) is 13.4. The normalized spacial score (nSPS) is 47.4. The number of carbonyl (C=O) groups excluding carboxylic acids is 1. The van der Waals surface area contributed by atoms with Crippen LogP contribution in [0.25, 0.3) is 0 Å². The summed E-state index contributed by atoms with van der Waals surface area (Å²) in [5, 5.41) is 23.8. The number of rotatable bonds is 7. The van der Waals surface area contributed by atoms with Gasteiger partial charge in [0.25, 0.3) is 0 Å². The third-order valence-electron chi connectivity index (χ3n) is 16.1. The Morgan fingerprint density at radius 1 is 1.08 bits per heavy atom. The predicted octanol–water partition coefficient (Wildman–Crippen LogP) is 5.87. The number of nitrogens with zero attached hydrogens (tertiary/aromatic N) is 1. The van der Waals surface area contributed by atoms with Crippen molar-refractivity contribution in [3.8, 4) is 0 Å². The average molecular weight is 699 g/mol. The van der Waals surface area contributed by atoms with E-state index in [-0.39, 0.29) is 57.8 Å². The lowest BCUT2D eigenvalue weighted by molar-refractivity contribution is -0.252. The van der Waals surface area contributed by atoms with E-state index in [1.165, 1.54) is 19.3 Å². The highest BCUT2D eigenvalue weighted by atomic mass is 16.7. The molecule has 8 rings (SSSR count). The Balaban J connectivity index is 1.02. The molecule has 2 N–H and O–H groups in total. The van der Waals surface area contributed by atoms with E-state index in [9.17, 15) is 15.0 Å². The SMILES string of the molecule is CC(C)C(=O)O[C@@H]([C]1C[C@@H](C)[C@H]2[C](O1)[C@H](O)[C@@]1(C)[C]3CC[C@H]4C(C)(C)[C@@H](O[C@H]5CN(C6COC6)CCO5)CC[C@@]45C[C@@]35CC[C@]21C)C(C)(C)O. The van der Waals surface area contributed by atoms with Crippen molar-refractivity contribution in [3.63, 3.8) is 0 Å². The van der Waals surface area contributed by atoms with Crippen molar-refractivity contribution in [2.24, 2.45) is 50.7 Å². The van der Waals surface area contributed by atoms with Gasteiger partial charge in [0.15, 0.2) is 12.4 Å². The molecule has 3 radical (unpaired) electrons. The van der Waals surface area contributed by atoms with E-state index in [1.54, 1.807) is 33.6 Å². The van der Waals surface area contributed by atoms with E-state index in [0.29, 0.717) is 31.1 Å². The molecule has 281 valence electrons. The van der Waals surface area contributed by atoms with Gasteiger partial charge >= 0.3 is 5.97 Å². The molecule has 0 aromatic carbocycles. The van der Waals surface area contributed by atoms with E-state index in [1.807, 2.05) is 0 Å². The number of carbonyl (C=O) groups is 1. The quantitative estimate of drug-likeness (QED) is 0.316. The number of hydrogen-bond donors (Lipinski definition) is 2. The van der Waals surface area contributed by atoms with E-state index >= 15 is 0 Å². The second-order valence-electron chi connectivity index (χ2n) is 19.7. The van der Waals surface area contributed by atoms with E-state index in [0.717, 1.165) is 58.1 Å². The van der Waals surface area contributed by atoms with Gasteiger partial charge in [-0.05, 0) is 105 Å². The van der Waals surface area contributed by atoms with Gasteiger partial charge in [0.05, 0.1) is 56.1 Å². The fourth-order valence-electron chi connectivity index (χ4n) is 13.4. The first kappa shape index (κ1) is 36.2. The van der Waals surface area contributed by atoms with Gasteiger partial charge in [-0.1, -0.05) is 48.5 Å². The lowest BCUT2D eigenvalue weighted by atomic mass is 9.41. The molecular weight excluding hydrogens is 634 g/mol. The average Bonchev–Trinajstić information content (AvgIpc) is 3.64. The molecule has 9 nitrogen and oxygen atoms in total. The Hall–Kier alpha value is -0.810. The number of morpholine rings is 1. The summed E-state index contributed by atoms with van der Waals surface area (Å²) in [7, 11) is 0. The maximum atomic E-state index is 12.8. The Bertz CT molecular complexity index is 1330. The molecule has 3 saturated heterocycles. The summed E-state index contributed by atoms with van der Waals surface area (Å²) in [6.45, 7) is 23.0. The molecule has 11 atom stereocenters.